The molecule has 0 saturated carbocycles. The first-order valence-electron chi connectivity index (χ1n) is 8.70. The van der Waals surface area contributed by atoms with Crippen LogP contribution in [-0.2, 0) is 30.3 Å². The predicted octanol–water partition coefficient (Wildman–Crippen LogP) is 2.01. The zero-order valence-corrected chi connectivity index (χ0v) is 16.7. The Balaban J connectivity index is 1.88. The average Bonchev–Trinajstić information content (AvgIpc) is 3.17. The van der Waals surface area contributed by atoms with E-state index in [-0.39, 0.29) is 24.6 Å². The highest BCUT2D eigenvalue weighted by Crippen LogP contribution is 2.34. The van der Waals surface area contributed by atoms with Gasteiger partial charge in [0.2, 0.25) is 0 Å². The third-order valence-electron chi connectivity index (χ3n) is 4.17. The van der Waals surface area contributed by atoms with Crippen LogP contribution in [0.3, 0.4) is 0 Å². The largest absolute Gasteiger partial charge is 0.489 e. The molecule has 9 nitrogen and oxygen atoms in total. The van der Waals surface area contributed by atoms with Gasteiger partial charge in [-0.05, 0) is 12.1 Å². The molecule has 1 aromatic carbocycles. The van der Waals surface area contributed by atoms with Gasteiger partial charge in [0.1, 0.15) is 24.8 Å². The van der Waals surface area contributed by atoms with Crippen LogP contribution in [0.1, 0.15) is 0 Å². The topological polar surface area (TPSA) is 92.1 Å². The summed E-state index contributed by atoms with van der Waals surface area (Å²) in [5, 5.41) is 4.64. The molecule has 2 heterocycles. The third-order valence-corrected chi connectivity index (χ3v) is 4.36. The number of rotatable bonds is 7. The molecular weight excluding hydrogens is 402 g/mol. The van der Waals surface area contributed by atoms with Crippen LogP contribution in [0.2, 0.25) is 5.02 Å². The highest BCUT2D eigenvalue weighted by molar-refractivity contribution is 6.30. The maximum atomic E-state index is 12.4. The molecule has 2 aromatic rings. The second-order valence-corrected chi connectivity index (χ2v) is 6.39. The number of hydrogen-bond donors (Lipinski definition) is 0. The summed E-state index contributed by atoms with van der Waals surface area (Å²) in [6.45, 7) is 0.770. The van der Waals surface area contributed by atoms with Crippen LogP contribution in [0.15, 0.2) is 47.9 Å². The Hall–Kier alpha value is -3.04. The molecule has 29 heavy (non-hydrogen) atoms. The molecule has 0 atom stereocenters. The SMILES string of the molecule is COC(=O)C1=C(C(=O)OC)N(c2ccccc2OCCn2cc(Cl)cn2)COC1. The molecule has 154 valence electrons. The molecule has 0 N–H and O–H groups in total. The lowest BCUT2D eigenvalue weighted by Crippen LogP contribution is -2.39. The molecule has 0 fully saturated rings. The second-order valence-electron chi connectivity index (χ2n) is 5.95. The van der Waals surface area contributed by atoms with E-state index in [2.05, 4.69) is 5.10 Å². The number of hydrogen-bond acceptors (Lipinski definition) is 8. The number of anilines is 1. The number of halogens is 1. The van der Waals surface area contributed by atoms with E-state index in [4.69, 9.17) is 30.5 Å². The van der Waals surface area contributed by atoms with Crippen molar-refractivity contribution in [3.05, 3.63) is 53.0 Å². The fourth-order valence-electron chi connectivity index (χ4n) is 2.85. The Labute approximate surface area is 172 Å². The highest BCUT2D eigenvalue weighted by atomic mass is 35.5. The van der Waals surface area contributed by atoms with Crippen molar-refractivity contribution in [3.8, 4) is 5.75 Å². The molecule has 0 unspecified atom stereocenters. The Morgan fingerprint density at radius 2 is 1.97 bits per heavy atom. The van der Waals surface area contributed by atoms with Crippen molar-refractivity contribution < 1.29 is 28.5 Å². The highest BCUT2D eigenvalue weighted by Gasteiger charge is 2.33. The van der Waals surface area contributed by atoms with Crippen LogP contribution in [0.25, 0.3) is 0 Å². The monoisotopic (exact) mass is 421 g/mol. The minimum atomic E-state index is -0.672. The quantitative estimate of drug-likeness (QED) is 0.627. The number of methoxy groups -OCH3 is 2. The number of carbonyl (C=O) groups excluding carboxylic acids is 2. The van der Waals surface area contributed by atoms with Crippen molar-refractivity contribution in [3.63, 3.8) is 0 Å². The van der Waals surface area contributed by atoms with E-state index in [0.717, 1.165) is 0 Å². The molecule has 0 radical (unpaired) electrons. The number of carbonyl (C=O) groups is 2. The standard InChI is InChI=1S/C19H20ClN3O6/c1-26-18(24)14-11-28-12-23(17(14)19(25)27-2)15-5-3-4-6-16(15)29-8-7-22-10-13(20)9-21-22/h3-6,9-10H,7-8,11-12H2,1-2H3. The predicted molar refractivity (Wildman–Crippen MR) is 104 cm³/mol. The molecule has 0 aliphatic carbocycles. The minimum Gasteiger partial charge on any atom is -0.489 e. The molecule has 10 heteroatoms. The van der Waals surface area contributed by atoms with E-state index in [1.807, 2.05) is 0 Å². The van der Waals surface area contributed by atoms with Crippen LogP contribution in [0, 0.1) is 0 Å². The van der Waals surface area contributed by atoms with E-state index in [1.54, 1.807) is 41.3 Å². The van der Waals surface area contributed by atoms with Crippen LogP contribution in [-0.4, -0.2) is 55.9 Å². The summed E-state index contributed by atoms with van der Waals surface area (Å²) in [6.07, 6.45) is 3.23. The van der Waals surface area contributed by atoms with Gasteiger partial charge >= 0.3 is 11.9 Å². The van der Waals surface area contributed by atoms with Crippen molar-refractivity contribution >= 4 is 29.2 Å². The molecule has 0 saturated heterocycles. The van der Waals surface area contributed by atoms with Crippen LogP contribution < -0.4 is 9.64 Å². The summed E-state index contributed by atoms with van der Waals surface area (Å²) in [6, 6.07) is 7.10. The fourth-order valence-corrected chi connectivity index (χ4v) is 3.00. The Morgan fingerprint density at radius 1 is 1.21 bits per heavy atom. The van der Waals surface area contributed by atoms with E-state index in [9.17, 15) is 9.59 Å². The lowest BCUT2D eigenvalue weighted by molar-refractivity contribution is -0.140. The number of aromatic nitrogens is 2. The Bertz CT molecular complexity index is 926. The zero-order chi connectivity index (χ0) is 20.8. The Kier molecular flexibility index (Phi) is 6.73. The second kappa shape index (κ2) is 9.44. The molecular formula is C19H20ClN3O6. The molecule has 3 rings (SSSR count). The summed E-state index contributed by atoms with van der Waals surface area (Å²) in [7, 11) is 2.48. The number of para-hydroxylation sites is 2. The lowest BCUT2D eigenvalue weighted by atomic mass is 10.1. The third kappa shape index (κ3) is 4.69. The summed E-state index contributed by atoms with van der Waals surface area (Å²) in [5.74, 6) is -0.833. The molecule has 0 amide bonds. The van der Waals surface area contributed by atoms with Gasteiger partial charge in [-0.25, -0.2) is 9.59 Å². The first kappa shape index (κ1) is 20.7. The van der Waals surface area contributed by atoms with Gasteiger partial charge in [0.25, 0.3) is 0 Å². The lowest BCUT2D eigenvalue weighted by Gasteiger charge is -2.32. The number of nitrogens with zero attached hydrogens (tertiary/aromatic N) is 3. The minimum absolute atomic E-state index is 0.0417. The van der Waals surface area contributed by atoms with Gasteiger partial charge < -0.3 is 23.8 Å². The van der Waals surface area contributed by atoms with E-state index in [1.165, 1.54) is 19.1 Å². The van der Waals surface area contributed by atoms with Gasteiger partial charge in [-0.2, -0.15) is 5.10 Å². The van der Waals surface area contributed by atoms with Crippen molar-refractivity contribution in [2.24, 2.45) is 0 Å². The summed E-state index contributed by atoms with van der Waals surface area (Å²) in [4.78, 5) is 26.1. The zero-order valence-electron chi connectivity index (χ0n) is 16.0. The average molecular weight is 422 g/mol. The van der Waals surface area contributed by atoms with Crippen molar-refractivity contribution in [2.75, 3.05) is 39.1 Å². The number of ether oxygens (including phenoxy) is 4. The van der Waals surface area contributed by atoms with Crippen molar-refractivity contribution in [1.82, 2.24) is 9.78 Å². The molecule has 0 bridgehead atoms. The Morgan fingerprint density at radius 3 is 2.66 bits per heavy atom. The van der Waals surface area contributed by atoms with Crippen molar-refractivity contribution in [1.29, 1.82) is 0 Å². The maximum Gasteiger partial charge on any atom is 0.355 e. The fraction of sp³-hybridized carbons (Fsp3) is 0.316. The summed E-state index contributed by atoms with van der Waals surface area (Å²) < 4.78 is 22.7. The van der Waals surface area contributed by atoms with Crippen LogP contribution in [0.4, 0.5) is 5.69 Å². The first-order valence-corrected chi connectivity index (χ1v) is 9.07. The molecule has 0 spiro atoms. The number of benzene rings is 1. The number of esters is 2. The van der Waals surface area contributed by atoms with Crippen LogP contribution in [0.5, 0.6) is 5.75 Å². The van der Waals surface area contributed by atoms with Gasteiger partial charge in [0.15, 0.2) is 0 Å². The maximum absolute atomic E-state index is 12.4. The van der Waals surface area contributed by atoms with Gasteiger partial charge in [-0.15, -0.1) is 0 Å². The summed E-state index contributed by atoms with van der Waals surface area (Å²) >= 11 is 5.86. The molecule has 1 aliphatic heterocycles. The van der Waals surface area contributed by atoms with Gasteiger partial charge in [-0.1, -0.05) is 23.7 Å². The first-order chi connectivity index (χ1) is 14.0. The van der Waals surface area contributed by atoms with Gasteiger partial charge in [0.05, 0.1) is 49.9 Å². The molecule has 1 aromatic heterocycles. The van der Waals surface area contributed by atoms with E-state index < -0.39 is 11.9 Å². The van der Waals surface area contributed by atoms with Gasteiger partial charge in [0, 0.05) is 6.20 Å². The van der Waals surface area contributed by atoms with Crippen molar-refractivity contribution in [2.45, 2.75) is 6.54 Å². The smallest absolute Gasteiger partial charge is 0.355 e. The van der Waals surface area contributed by atoms with E-state index in [0.29, 0.717) is 29.6 Å². The van der Waals surface area contributed by atoms with Gasteiger partial charge in [-0.3, -0.25) is 4.68 Å². The van der Waals surface area contributed by atoms with E-state index >= 15 is 0 Å². The summed E-state index contributed by atoms with van der Waals surface area (Å²) in [5.41, 5.74) is 0.680. The normalized spacial score (nSPS) is 14.0. The van der Waals surface area contributed by atoms with Crippen LogP contribution >= 0.6 is 11.6 Å². The molecule has 1 aliphatic rings.